The third-order valence-corrected chi connectivity index (χ3v) is 7.31. The van der Waals surface area contributed by atoms with Crippen molar-refractivity contribution < 1.29 is 9.53 Å². The Bertz CT molecular complexity index is 378. The lowest BCUT2D eigenvalue weighted by Crippen LogP contribution is -2.22. The minimum atomic E-state index is -0.0514. The molecule has 0 aliphatic heterocycles. The topological polar surface area (TPSA) is 26.3 Å². The smallest absolute Gasteiger partial charge is 0.305 e. The first-order chi connectivity index (χ1) is 12.8. The van der Waals surface area contributed by atoms with E-state index >= 15 is 0 Å². The lowest BCUT2D eigenvalue weighted by Gasteiger charge is -2.31. The molecular formula is C24H44O2. The van der Waals surface area contributed by atoms with Gasteiger partial charge in [0, 0.05) is 6.42 Å². The summed E-state index contributed by atoms with van der Waals surface area (Å²) in [5.41, 5.74) is 0. The Kier molecular flexibility index (Phi) is 10.7. The number of unbranched alkanes of at least 4 members (excludes halogenated alkanes) is 9. The summed E-state index contributed by atoms with van der Waals surface area (Å²) in [6, 6.07) is 0. The van der Waals surface area contributed by atoms with Crippen molar-refractivity contribution in [2.24, 2.45) is 23.7 Å². The van der Waals surface area contributed by atoms with Gasteiger partial charge in [0.05, 0.1) is 7.11 Å². The van der Waals surface area contributed by atoms with Crippen LogP contribution in [-0.4, -0.2) is 13.1 Å². The lowest BCUT2D eigenvalue weighted by atomic mass is 9.74. The third-order valence-electron chi connectivity index (χ3n) is 7.31. The molecule has 0 heterocycles. The highest BCUT2D eigenvalue weighted by atomic mass is 16.5. The summed E-state index contributed by atoms with van der Waals surface area (Å²) in [5, 5.41) is 0. The predicted octanol–water partition coefficient (Wildman–Crippen LogP) is 7.30. The molecule has 2 rings (SSSR count). The number of carbonyl (C=O) groups is 1. The Morgan fingerprint density at radius 1 is 0.769 bits per heavy atom. The number of hydrogen-bond donors (Lipinski definition) is 0. The van der Waals surface area contributed by atoms with Gasteiger partial charge in [-0.1, -0.05) is 71.1 Å². The van der Waals surface area contributed by atoms with Gasteiger partial charge in [0.2, 0.25) is 0 Å². The molecule has 0 aromatic rings. The monoisotopic (exact) mass is 364 g/mol. The Labute approximate surface area is 162 Å². The zero-order valence-corrected chi connectivity index (χ0v) is 17.6. The number of esters is 1. The van der Waals surface area contributed by atoms with Crippen LogP contribution < -0.4 is 0 Å². The number of methoxy groups -OCH3 is 1. The van der Waals surface area contributed by atoms with Crippen molar-refractivity contribution in [3.05, 3.63) is 0 Å². The predicted molar refractivity (Wildman–Crippen MR) is 110 cm³/mol. The first-order valence-electron chi connectivity index (χ1n) is 11.8. The zero-order valence-electron chi connectivity index (χ0n) is 17.6. The van der Waals surface area contributed by atoms with E-state index in [0.717, 1.165) is 30.1 Å². The first kappa shape index (κ1) is 21.8. The Balaban J connectivity index is 1.55. The van der Waals surface area contributed by atoms with Gasteiger partial charge in [-0.2, -0.15) is 0 Å². The minimum Gasteiger partial charge on any atom is -0.469 e. The normalized spacial score (nSPS) is 27.2. The van der Waals surface area contributed by atoms with Gasteiger partial charge in [-0.15, -0.1) is 0 Å². The molecule has 0 aromatic carbocycles. The molecule has 4 unspecified atom stereocenters. The van der Waals surface area contributed by atoms with Gasteiger partial charge >= 0.3 is 5.97 Å². The number of carbonyl (C=O) groups excluding carboxylic acids is 1. The summed E-state index contributed by atoms with van der Waals surface area (Å²) in [5.74, 6) is 4.23. The summed E-state index contributed by atoms with van der Waals surface area (Å²) in [7, 11) is 1.49. The van der Waals surface area contributed by atoms with Gasteiger partial charge < -0.3 is 4.74 Å². The van der Waals surface area contributed by atoms with Crippen molar-refractivity contribution in [3.8, 4) is 0 Å². The van der Waals surface area contributed by atoms with Crippen LogP contribution in [0.3, 0.4) is 0 Å². The highest BCUT2D eigenvalue weighted by Crippen LogP contribution is 2.55. The molecule has 2 aliphatic rings. The largest absolute Gasteiger partial charge is 0.469 e. The molecule has 152 valence electrons. The maximum absolute atomic E-state index is 11.1. The highest BCUT2D eigenvalue weighted by molar-refractivity contribution is 5.68. The van der Waals surface area contributed by atoms with E-state index in [1.165, 1.54) is 97.0 Å². The number of ether oxygens (including phenoxy) is 1. The van der Waals surface area contributed by atoms with E-state index in [1.807, 2.05) is 0 Å². The molecule has 2 bridgehead atoms. The molecule has 2 fully saturated rings. The fourth-order valence-electron chi connectivity index (χ4n) is 5.87. The van der Waals surface area contributed by atoms with Crippen molar-refractivity contribution >= 4 is 5.97 Å². The molecule has 0 spiro atoms. The molecule has 0 saturated heterocycles. The third kappa shape index (κ3) is 7.24. The number of rotatable bonds is 15. The second kappa shape index (κ2) is 12.8. The van der Waals surface area contributed by atoms with E-state index in [0.29, 0.717) is 6.42 Å². The van der Waals surface area contributed by atoms with E-state index < -0.39 is 0 Å². The minimum absolute atomic E-state index is 0.0514. The van der Waals surface area contributed by atoms with Gasteiger partial charge in [0.15, 0.2) is 0 Å². The van der Waals surface area contributed by atoms with Crippen LogP contribution in [0.4, 0.5) is 0 Å². The second-order valence-electron chi connectivity index (χ2n) is 9.10. The summed E-state index contributed by atoms with van der Waals surface area (Å²) in [6.45, 7) is 2.30. The van der Waals surface area contributed by atoms with Gasteiger partial charge in [-0.25, -0.2) is 0 Å². The second-order valence-corrected chi connectivity index (χ2v) is 9.10. The van der Waals surface area contributed by atoms with E-state index in [1.54, 1.807) is 6.42 Å². The SMILES string of the molecule is CCCCCCCCC1C2CCC(C2)C1CCCCCCCC(=O)OC. The number of hydrogen-bond acceptors (Lipinski definition) is 2. The molecule has 2 nitrogen and oxygen atoms in total. The Morgan fingerprint density at radius 3 is 1.81 bits per heavy atom. The van der Waals surface area contributed by atoms with Gasteiger partial charge in [-0.05, 0) is 62.2 Å². The summed E-state index contributed by atoms with van der Waals surface area (Å²) in [4.78, 5) is 11.1. The van der Waals surface area contributed by atoms with Crippen LogP contribution in [0.15, 0.2) is 0 Å². The fraction of sp³-hybridized carbons (Fsp3) is 0.958. The molecule has 4 atom stereocenters. The molecule has 2 saturated carbocycles. The summed E-state index contributed by atoms with van der Waals surface area (Å²) in [6.07, 6.45) is 23.2. The molecule has 0 aromatic heterocycles. The Morgan fingerprint density at radius 2 is 1.27 bits per heavy atom. The van der Waals surface area contributed by atoms with Crippen LogP contribution in [0.2, 0.25) is 0 Å². The maximum Gasteiger partial charge on any atom is 0.305 e. The average Bonchev–Trinajstić information content (AvgIpc) is 3.25. The van der Waals surface area contributed by atoms with E-state index in [-0.39, 0.29) is 5.97 Å². The molecular weight excluding hydrogens is 320 g/mol. The van der Waals surface area contributed by atoms with Crippen molar-refractivity contribution in [2.45, 2.75) is 116 Å². The van der Waals surface area contributed by atoms with Crippen LogP contribution in [0.25, 0.3) is 0 Å². The molecule has 2 heteroatoms. The zero-order chi connectivity index (χ0) is 18.6. The van der Waals surface area contributed by atoms with E-state index in [9.17, 15) is 4.79 Å². The molecule has 2 aliphatic carbocycles. The standard InChI is InChI=1S/C24H44O2/c1-3-4-5-6-8-11-14-22-20-17-18-21(19-20)23(22)15-12-9-7-10-13-16-24(25)26-2/h20-23H,3-19H2,1-2H3. The first-order valence-corrected chi connectivity index (χ1v) is 11.8. The summed E-state index contributed by atoms with van der Waals surface area (Å²) >= 11 is 0. The average molecular weight is 365 g/mol. The quantitative estimate of drug-likeness (QED) is 0.225. The Hall–Kier alpha value is -0.530. The lowest BCUT2D eigenvalue weighted by molar-refractivity contribution is -0.140. The molecule has 0 amide bonds. The van der Waals surface area contributed by atoms with Crippen LogP contribution in [0.5, 0.6) is 0 Å². The van der Waals surface area contributed by atoms with Gasteiger partial charge in [0.25, 0.3) is 0 Å². The van der Waals surface area contributed by atoms with E-state index in [2.05, 4.69) is 6.92 Å². The molecule has 26 heavy (non-hydrogen) atoms. The maximum atomic E-state index is 11.1. The number of fused-ring (bicyclic) bond motifs is 2. The van der Waals surface area contributed by atoms with Crippen LogP contribution in [-0.2, 0) is 9.53 Å². The van der Waals surface area contributed by atoms with Crippen molar-refractivity contribution in [2.75, 3.05) is 7.11 Å². The van der Waals surface area contributed by atoms with Crippen LogP contribution in [0, 0.1) is 23.7 Å². The summed E-state index contributed by atoms with van der Waals surface area (Å²) < 4.78 is 4.71. The molecule has 0 N–H and O–H groups in total. The van der Waals surface area contributed by atoms with Crippen molar-refractivity contribution in [1.29, 1.82) is 0 Å². The van der Waals surface area contributed by atoms with Gasteiger partial charge in [-0.3, -0.25) is 4.79 Å². The highest BCUT2D eigenvalue weighted by Gasteiger charge is 2.46. The van der Waals surface area contributed by atoms with Crippen LogP contribution >= 0.6 is 0 Å². The fourth-order valence-corrected chi connectivity index (χ4v) is 5.87. The van der Waals surface area contributed by atoms with Crippen molar-refractivity contribution in [3.63, 3.8) is 0 Å². The van der Waals surface area contributed by atoms with E-state index in [4.69, 9.17) is 4.74 Å². The van der Waals surface area contributed by atoms with Crippen LogP contribution in [0.1, 0.15) is 116 Å². The van der Waals surface area contributed by atoms with Gasteiger partial charge in [0.1, 0.15) is 0 Å². The molecule has 0 radical (unpaired) electrons. The van der Waals surface area contributed by atoms with Crippen molar-refractivity contribution in [1.82, 2.24) is 0 Å².